The molecule has 3 heteroatoms. The molecule has 8 heavy (non-hydrogen) atoms. The van der Waals surface area contributed by atoms with Crippen LogP contribution in [-0.4, -0.2) is 12.7 Å². The number of hydrogen-bond acceptors (Lipinski definition) is 1. The van der Waals surface area contributed by atoms with Gasteiger partial charge in [-0.15, -0.1) is 0 Å². The van der Waals surface area contributed by atoms with Crippen molar-refractivity contribution in [2.24, 2.45) is 0 Å². The minimum Gasteiger partial charge on any atom is -0.362 e. The Hall–Kier alpha value is 0.280. The largest absolute Gasteiger partial charge is 0.362 e. The van der Waals surface area contributed by atoms with E-state index in [1.807, 2.05) is 0 Å². The molecule has 0 aliphatic carbocycles. The van der Waals surface area contributed by atoms with E-state index in [0.29, 0.717) is 0 Å². The van der Waals surface area contributed by atoms with Crippen LogP contribution in [0.5, 0.6) is 0 Å². The van der Waals surface area contributed by atoms with Gasteiger partial charge >= 0.3 is 0 Å². The fourth-order valence-corrected chi connectivity index (χ4v) is 0.477. The van der Waals surface area contributed by atoms with Crippen LogP contribution in [0.15, 0.2) is 11.1 Å². The van der Waals surface area contributed by atoms with Gasteiger partial charge in [-0.25, -0.2) is 0 Å². The number of rotatable bonds is 2. The standard InChI is InChI=1S/C5H8Cl2O/c1-4(3-6)5(7)8-2/h3,5H,1-2H3/b4-3+. The Bertz CT molecular complexity index is 90.4. The molecule has 0 radical (unpaired) electrons. The molecule has 0 aliphatic heterocycles. The van der Waals surface area contributed by atoms with E-state index in [-0.39, 0.29) is 5.56 Å². The van der Waals surface area contributed by atoms with Crippen LogP contribution in [0.4, 0.5) is 0 Å². The minimum atomic E-state index is -0.382. The summed E-state index contributed by atoms with van der Waals surface area (Å²) in [6.45, 7) is 1.80. The summed E-state index contributed by atoms with van der Waals surface area (Å²) in [5, 5.41) is 0. The number of halogens is 2. The highest BCUT2D eigenvalue weighted by Crippen LogP contribution is 2.09. The van der Waals surface area contributed by atoms with Crippen LogP contribution < -0.4 is 0 Å². The average molecular weight is 155 g/mol. The zero-order valence-electron chi connectivity index (χ0n) is 4.82. The van der Waals surface area contributed by atoms with Crippen LogP contribution in [-0.2, 0) is 4.74 Å². The molecule has 1 unspecified atom stereocenters. The molecule has 1 nitrogen and oxygen atoms in total. The van der Waals surface area contributed by atoms with E-state index in [1.54, 1.807) is 6.92 Å². The second kappa shape index (κ2) is 4.19. The predicted octanol–water partition coefficient (Wildman–Crippen LogP) is 2.34. The van der Waals surface area contributed by atoms with E-state index in [4.69, 9.17) is 27.9 Å². The Balaban J connectivity index is 3.63. The molecular formula is C5H8Cl2O. The highest BCUT2D eigenvalue weighted by atomic mass is 35.5. The lowest BCUT2D eigenvalue weighted by Crippen LogP contribution is -2.00. The first-order valence-corrected chi connectivity index (χ1v) is 3.03. The van der Waals surface area contributed by atoms with Crippen molar-refractivity contribution in [2.45, 2.75) is 12.5 Å². The van der Waals surface area contributed by atoms with E-state index < -0.39 is 0 Å². The molecule has 48 valence electrons. The van der Waals surface area contributed by atoms with Gasteiger partial charge in [0.2, 0.25) is 0 Å². The monoisotopic (exact) mass is 154 g/mol. The van der Waals surface area contributed by atoms with E-state index in [9.17, 15) is 0 Å². The van der Waals surface area contributed by atoms with Crippen molar-refractivity contribution in [1.29, 1.82) is 0 Å². The maximum atomic E-state index is 5.54. The first-order valence-electron chi connectivity index (χ1n) is 2.16. The summed E-state index contributed by atoms with van der Waals surface area (Å²) in [7, 11) is 1.53. The van der Waals surface area contributed by atoms with Gasteiger partial charge in [-0.3, -0.25) is 0 Å². The van der Waals surface area contributed by atoms with Gasteiger partial charge in [0.1, 0.15) is 0 Å². The quantitative estimate of drug-likeness (QED) is 0.556. The van der Waals surface area contributed by atoms with E-state index >= 15 is 0 Å². The zero-order chi connectivity index (χ0) is 6.57. The number of alkyl halides is 1. The maximum absolute atomic E-state index is 5.54. The molecule has 0 N–H and O–H groups in total. The van der Waals surface area contributed by atoms with Crippen molar-refractivity contribution >= 4 is 23.2 Å². The Morgan fingerprint density at radius 3 is 2.38 bits per heavy atom. The van der Waals surface area contributed by atoms with Crippen molar-refractivity contribution < 1.29 is 4.74 Å². The lowest BCUT2D eigenvalue weighted by molar-refractivity contribution is 0.194. The molecular weight excluding hydrogens is 147 g/mol. The molecule has 0 spiro atoms. The van der Waals surface area contributed by atoms with Gasteiger partial charge in [0.25, 0.3) is 0 Å². The number of hydrogen-bond donors (Lipinski definition) is 0. The molecule has 1 atom stereocenters. The van der Waals surface area contributed by atoms with Crippen molar-refractivity contribution in [3.8, 4) is 0 Å². The van der Waals surface area contributed by atoms with Crippen LogP contribution >= 0.6 is 23.2 Å². The van der Waals surface area contributed by atoms with Gasteiger partial charge in [-0.05, 0) is 12.5 Å². The Morgan fingerprint density at radius 2 is 2.25 bits per heavy atom. The summed E-state index contributed by atoms with van der Waals surface area (Å²) in [6, 6.07) is 0. The number of ether oxygens (including phenoxy) is 1. The van der Waals surface area contributed by atoms with Gasteiger partial charge in [0.15, 0.2) is 5.56 Å². The number of methoxy groups -OCH3 is 1. The summed E-state index contributed by atoms with van der Waals surface area (Å²) < 4.78 is 4.72. The topological polar surface area (TPSA) is 9.23 Å². The van der Waals surface area contributed by atoms with Gasteiger partial charge in [0.05, 0.1) is 0 Å². The van der Waals surface area contributed by atoms with Crippen molar-refractivity contribution in [3.63, 3.8) is 0 Å². The molecule has 0 aromatic rings. The second-order valence-corrected chi connectivity index (χ2v) is 2.02. The zero-order valence-corrected chi connectivity index (χ0v) is 6.33. The molecule has 0 bridgehead atoms. The summed E-state index contributed by atoms with van der Waals surface area (Å²) >= 11 is 10.8. The highest BCUT2D eigenvalue weighted by Gasteiger charge is 2.01. The summed E-state index contributed by atoms with van der Waals surface area (Å²) in [4.78, 5) is 0. The lowest BCUT2D eigenvalue weighted by Gasteiger charge is -2.04. The van der Waals surface area contributed by atoms with Gasteiger partial charge in [0, 0.05) is 12.6 Å². The van der Waals surface area contributed by atoms with E-state index in [2.05, 4.69) is 0 Å². The second-order valence-electron chi connectivity index (χ2n) is 1.40. The third-order valence-electron chi connectivity index (χ3n) is 0.737. The van der Waals surface area contributed by atoms with Crippen molar-refractivity contribution in [2.75, 3.05) is 7.11 Å². The molecule has 0 fully saturated rings. The van der Waals surface area contributed by atoms with Gasteiger partial charge < -0.3 is 4.74 Å². The summed E-state index contributed by atoms with van der Waals surface area (Å²) in [5.74, 6) is 0. The van der Waals surface area contributed by atoms with Crippen molar-refractivity contribution in [3.05, 3.63) is 11.1 Å². The molecule has 0 heterocycles. The van der Waals surface area contributed by atoms with Gasteiger partial charge in [-0.1, -0.05) is 23.2 Å². The fourth-order valence-electron chi connectivity index (χ4n) is 0.235. The predicted molar refractivity (Wildman–Crippen MR) is 36.3 cm³/mol. The average Bonchev–Trinajstić information content (AvgIpc) is 1.84. The van der Waals surface area contributed by atoms with E-state index in [1.165, 1.54) is 12.6 Å². The van der Waals surface area contributed by atoms with Crippen molar-refractivity contribution in [1.82, 2.24) is 0 Å². The summed E-state index contributed by atoms with van der Waals surface area (Å²) in [6.07, 6.45) is 0. The van der Waals surface area contributed by atoms with Crippen LogP contribution in [0.1, 0.15) is 6.92 Å². The van der Waals surface area contributed by atoms with Gasteiger partial charge in [-0.2, -0.15) is 0 Å². The van der Waals surface area contributed by atoms with Crippen LogP contribution in [0.2, 0.25) is 0 Å². The molecule has 0 aliphatic rings. The molecule has 0 saturated heterocycles. The first-order chi connectivity index (χ1) is 3.72. The minimum absolute atomic E-state index is 0.382. The summed E-state index contributed by atoms with van der Waals surface area (Å²) in [5.41, 5.74) is 1.84. The SMILES string of the molecule is COC(Cl)/C(C)=C/Cl. The van der Waals surface area contributed by atoms with Crippen LogP contribution in [0.25, 0.3) is 0 Å². The van der Waals surface area contributed by atoms with E-state index in [0.717, 1.165) is 5.57 Å². The van der Waals surface area contributed by atoms with Crippen LogP contribution in [0, 0.1) is 0 Å². The third-order valence-corrected chi connectivity index (χ3v) is 1.60. The fraction of sp³-hybridized carbons (Fsp3) is 0.600. The van der Waals surface area contributed by atoms with Crippen LogP contribution in [0.3, 0.4) is 0 Å². The smallest absolute Gasteiger partial charge is 0.153 e. The molecule has 0 aromatic heterocycles. The molecule has 0 amide bonds. The molecule has 0 rings (SSSR count). The molecule has 0 saturated carbocycles. The maximum Gasteiger partial charge on any atom is 0.153 e. The first kappa shape index (κ1) is 8.28. The Kier molecular flexibility index (Phi) is 4.33. The molecule has 0 aromatic carbocycles. The normalized spacial score (nSPS) is 16.2. The Labute approximate surface area is 59.2 Å². The lowest BCUT2D eigenvalue weighted by atomic mass is 10.4. The Morgan fingerprint density at radius 1 is 1.75 bits per heavy atom. The third kappa shape index (κ3) is 2.55. The highest BCUT2D eigenvalue weighted by molar-refractivity contribution is 6.27.